The third kappa shape index (κ3) is 5.55. The molecule has 4 nitrogen and oxygen atoms in total. The summed E-state index contributed by atoms with van der Waals surface area (Å²) in [5.74, 6) is -1.09. The van der Waals surface area contributed by atoms with Crippen LogP contribution in [-0.4, -0.2) is 29.3 Å². The Hall–Kier alpha value is -2.40. The second-order valence-electron chi connectivity index (χ2n) is 6.70. The molecular formula is C22H26ClFN2O2. The van der Waals surface area contributed by atoms with Gasteiger partial charge in [-0.15, -0.1) is 0 Å². The number of hydrogen-bond donors (Lipinski definition) is 1. The van der Waals surface area contributed by atoms with Crippen molar-refractivity contribution in [1.29, 1.82) is 0 Å². The minimum Gasteiger partial charge on any atom is -0.355 e. The smallest absolute Gasteiger partial charge is 0.242 e. The van der Waals surface area contributed by atoms with Crippen molar-refractivity contribution < 1.29 is 14.0 Å². The molecule has 1 N–H and O–H groups in total. The second-order valence-corrected chi connectivity index (χ2v) is 7.11. The zero-order valence-corrected chi connectivity index (χ0v) is 17.2. The van der Waals surface area contributed by atoms with Crippen LogP contribution in [0.15, 0.2) is 42.5 Å². The first-order chi connectivity index (χ1) is 13.4. The highest BCUT2D eigenvalue weighted by Gasteiger charge is 2.29. The van der Waals surface area contributed by atoms with Crippen LogP contribution in [0.3, 0.4) is 0 Å². The van der Waals surface area contributed by atoms with Gasteiger partial charge in [0, 0.05) is 23.7 Å². The first-order valence-corrected chi connectivity index (χ1v) is 9.80. The van der Waals surface area contributed by atoms with Gasteiger partial charge in [-0.25, -0.2) is 4.39 Å². The molecule has 0 saturated heterocycles. The maximum Gasteiger partial charge on any atom is 0.242 e. The van der Waals surface area contributed by atoms with Crippen LogP contribution in [0.5, 0.6) is 0 Å². The first-order valence-electron chi connectivity index (χ1n) is 9.42. The summed E-state index contributed by atoms with van der Waals surface area (Å²) in [5.41, 5.74) is 2.16. The Kier molecular flexibility index (Phi) is 8.00. The Labute approximate surface area is 170 Å². The molecule has 150 valence electrons. The zero-order chi connectivity index (χ0) is 20.7. The Balaban J connectivity index is 2.33. The van der Waals surface area contributed by atoms with Crippen molar-refractivity contribution in [2.75, 3.05) is 6.54 Å². The SMILES string of the molecule is CCNC(=O)[C@@H](CC)N(Cc1ccc(C)cc1)C(=O)Cc1c(F)cccc1Cl. The number of amides is 2. The van der Waals surface area contributed by atoms with Crippen LogP contribution in [-0.2, 0) is 22.6 Å². The van der Waals surface area contributed by atoms with E-state index in [1.807, 2.05) is 45.0 Å². The molecule has 0 heterocycles. The van der Waals surface area contributed by atoms with Gasteiger partial charge in [0.15, 0.2) is 0 Å². The first kappa shape index (κ1) is 21.9. The van der Waals surface area contributed by atoms with E-state index in [2.05, 4.69) is 5.32 Å². The summed E-state index contributed by atoms with van der Waals surface area (Å²) in [6, 6.07) is 11.5. The molecular weight excluding hydrogens is 379 g/mol. The molecule has 0 saturated carbocycles. The molecule has 0 fully saturated rings. The summed E-state index contributed by atoms with van der Waals surface area (Å²) in [6.07, 6.45) is 0.252. The lowest BCUT2D eigenvalue weighted by Gasteiger charge is -2.31. The quantitative estimate of drug-likeness (QED) is 0.714. The number of hydrogen-bond acceptors (Lipinski definition) is 2. The van der Waals surface area contributed by atoms with E-state index in [1.54, 1.807) is 6.07 Å². The van der Waals surface area contributed by atoms with Gasteiger partial charge in [0.25, 0.3) is 0 Å². The van der Waals surface area contributed by atoms with E-state index in [4.69, 9.17) is 11.6 Å². The number of halogens is 2. The highest BCUT2D eigenvalue weighted by Crippen LogP contribution is 2.22. The summed E-state index contributed by atoms with van der Waals surface area (Å²) in [5, 5.41) is 2.98. The molecule has 28 heavy (non-hydrogen) atoms. The molecule has 0 spiro atoms. The monoisotopic (exact) mass is 404 g/mol. The highest BCUT2D eigenvalue weighted by atomic mass is 35.5. The average Bonchev–Trinajstić information content (AvgIpc) is 2.66. The van der Waals surface area contributed by atoms with Crippen LogP contribution in [0.2, 0.25) is 5.02 Å². The summed E-state index contributed by atoms with van der Waals surface area (Å²) < 4.78 is 14.2. The van der Waals surface area contributed by atoms with Gasteiger partial charge in [-0.05, 0) is 38.0 Å². The Bertz CT molecular complexity index is 804. The number of aryl methyl sites for hydroxylation is 1. The zero-order valence-electron chi connectivity index (χ0n) is 16.5. The predicted octanol–water partition coefficient (Wildman–Crippen LogP) is 4.27. The molecule has 0 unspecified atom stereocenters. The number of nitrogens with zero attached hydrogens (tertiary/aromatic N) is 1. The largest absolute Gasteiger partial charge is 0.355 e. The van der Waals surface area contributed by atoms with E-state index < -0.39 is 11.9 Å². The fourth-order valence-electron chi connectivity index (χ4n) is 3.06. The molecule has 0 aromatic heterocycles. The number of carbonyl (C=O) groups is 2. The normalized spacial score (nSPS) is 11.8. The van der Waals surface area contributed by atoms with Crippen LogP contribution >= 0.6 is 11.6 Å². The molecule has 2 amide bonds. The fourth-order valence-corrected chi connectivity index (χ4v) is 3.29. The van der Waals surface area contributed by atoms with Crippen LogP contribution in [0, 0.1) is 12.7 Å². The van der Waals surface area contributed by atoms with Gasteiger partial charge in [-0.3, -0.25) is 9.59 Å². The average molecular weight is 405 g/mol. The second kappa shape index (κ2) is 10.2. The maximum atomic E-state index is 14.2. The van der Waals surface area contributed by atoms with Gasteiger partial charge >= 0.3 is 0 Å². The van der Waals surface area contributed by atoms with Gasteiger partial charge in [0.1, 0.15) is 11.9 Å². The molecule has 0 aliphatic carbocycles. The van der Waals surface area contributed by atoms with E-state index in [1.165, 1.54) is 17.0 Å². The molecule has 2 rings (SSSR count). The van der Waals surface area contributed by atoms with Gasteiger partial charge in [-0.1, -0.05) is 54.4 Å². The Morgan fingerprint density at radius 3 is 2.39 bits per heavy atom. The molecule has 0 aliphatic heterocycles. The van der Waals surface area contributed by atoms with Crippen LogP contribution in [0.25, 0.3) is 0 Å². The van der Waals surface area contributed by atoms with Gasteiger partial charge in [0.05, 0.1) is 6.42 Å². The van der Waals surface area contributed by atoms with Crippen molar-refractivity contribution in [1.82, 2.24) is 10.2 Å². The number of likely N-dealkylation sites (N-methyl/N-ethyl adjacent to an activating group) is 1. The van der Waals surface area contributed by atoms with E-state index in [-0.39, 0.29) is 35.4 Å². The van der Waals surface area contributed by atoms with Crippen LogP contribution in [0.4, 0.5) is 4.39 Å². The molecule has 0 aliphatic rings. The molecule has 1 atom stereocenters. The van der Waals surface area contributed by atoms with Crippen molar-refractivity contribution in [3.8, 4) is 0 Å². The fraction of sp³-hybridized carbons (Fsp3) is 0.364. The molecule has 6 heteroatoms. The lowest BCUT2D eigenvalue weighted by Crippen LogP contribution is -2.49. The van der Waals surface area contributed by atoms with Crippen molar-refractivity contribution in [2.24, 2.45) is 0 Å². The van der Waals surface area contributed by atoms with E-state index in [0.29, 0.717) is 13.0 Å². The van der Waals surface area contributed by atoms with E-state index >= 15 is 0 Å². The topological polar surface area (TPSA) is 49.4 Å². The minimum absolute atomic E-state index is 0.147. The van der Waals surface area contributed by atoms with Crippen LogP contribution < -0.4 is 5.32 Å². The number of rotatable bonds is 8. The van der Waals surface area contributed by atoms with Crippen LogP contribution in [0.1, 0.15) is 37.0 Å². The molecule has 0 bridgehead atoms. The highest BCUT2D eigenvalue weighted by molar-refractivity contribution is 6.31. The third-order valence-corrected chi connectivity index (χ3v) is 4.95. The van der Waals surface area contributed by atoms with Crippen molar-refractivity contribution in [2.45, 2.75) is 46.2 Å². The number of carbonyl (C=O) groups excluding carboxylic acids is 2. The van der Waals surface area contributed by atoms with Gasteiger partial charge < -0.3 is 10.2 Å². The van der Waals surface area contributed by atoms with Crippen molar-refractivity contribution in [3.05, 3.63) is 70.0 Å². The Morgan fingerprint density at radius 1 is 1.14 bits per heavy atom. The number of nitrogens with one attached hydrogen (secondary N) is 1. The number of benzene rings is 2. The van der Waals surface area contributed by atoms with Gasteiger partial charge in [0.2, 0.25) is 11.8 Å². The van der Waals surface area contributed by atoms with E-state index in [9.17, 15) is 14.0 Å². The summed E-state index contributed by atoms with van der Waals surface area (Å²) >= 11 is 6.09. The van der Waals surface area contributed by atoms with Crippen molar-refractivity contribution >= 4 is 23.4 Å². The van der Waals surface area contributed by atoms with Gasteiger partial charge in [-0.2, -0.15) is 0 Å². The van der Waals surface area contributed by atoms with E-state index in [0.717, 1.165) is 11.1 Å². The lowest BCUT2D eigenvalue weighted by molar-refractivity contribution is -0.140. The minimum atomic E-state index is -0.640. The van der Waals surface area contributed by atoms with Crippen molar-refractivity contribution in [3.63, 3.8) is 0 Å². The lowest BCUT2D eigenvalue weighted by atomic mass is 10.1. The predicted molar refractivity (Wildman–Crippen MR) is 110 cm³/mol. The summed E-state index contributed by atoms with van der Waals surface area (Å²) in [7, 11) is 0. The Morgan fingerprint density at radius 2 is 1.82 bits per heavy atom. The molecule has 2 aromatic carbocycles. The molecule has 0 radical (unpaired) electrons. The maximum absolute atomic E-state index is 14.2. The summed E-state index contributed by atoms with van der Waals surface area (Å²) in [6.45, 7) is 6.40. The summed E-state index contributed by atoms with van der Waals surface area (Å²) in [4.78, 5) is 27.2. The molecule has 2 aromatic rings. The third-order valence-electron chi connectivity index (χ3n) is 4.60. The standard InChI is InChI=1S/C22H26ClFN2O2/c1-4-20(22(28)25-5-2)26(14-16-11-9-15(3)10-12-16)21(27)13-17-18(23)7-6-8-19(17)24/h6-12,20H,4-5,13-14H2,1-3H3,(H,25,28)/t20-/m1/s1.